The van der Waals surface area contributed by atoms with E-state index in [4.69, 9.17) is 9.47 Å². The molecule has 1 N–H and O–H groups in total. The Morgan fingerprint density at radius 3 is 2.67 bits per heavy atom. The van der Waals surface area contributed by atoms with Gasteiger partial charge < -0.3 is 19.4 Å². The fraction of sp³-hybridized carbons (Fsp3) is 0.318. The van der Waals surface area contributed by atoms with Crippen molar-refractivity contribution >= 4 is 0 Å². The number of hydrogen-bond acceptors (Lipinski definition) is 4. The molecule has 4 rings (SSSR count). The molecule has 5 nitrogen and oxygen atoms in total. The largest absolute Gasteiger partial charge is 0.489 e. The van der Waals surface area contributed by atoms with Crippen LogP contribution in [0.15, 0.2) is 67.0 Å². The minimum atomic E-state index is 0.0125. The van der Waals surface area contributed by atoms with Crippen LogP contribution in [0.4, 0.5) is 0 Å². The number of nitrogens with one attached hydrogen (secondary N) is 1. The molecule has 0 aliphatic carbocycles. The van der Waals surface area contributed by atoms with Crippen LogP contribution in [-0.2, 0) is 24.9 Å². The molecule has 0 saturated carbocycles. The van der Waals surface area contributed by atoms with Crippen LogP contribution in [0.25, 0.3) is 0 Å². The molecule has 2 aromatic carbocycles. The summed E-state index contributed by atoms with van der Waals surface area (Å²) in [6.45, 7) is 2.15. The van der Waals surface area contributed by atoms with E-state index in [1.807, 2.05) is 54.3 Å². The summed E-state index contributed by atoms with van der Waals surface area (Å²) < 4.78 is 13.8. The van der Waals surface area contributed by atoms with Gasteiger partial charge in [0.25, 0.3) is 0 Å². The van der Waals surface area contributed by atoms with Crippen LogP contribution < -0.4 is 10.1 Å². The first-order valence-corrected chi connectivity index (χ1v) is 9.37. The van der Waals surface area contributed by atoms with Gasteiger partial charge in [0.2, 0.25) is 0 Å². The number of hydrogen-bond donors (Lipinski definition) is 1. The maximum absolute atomic E-state index is 5.91. The number of aromatic nitrogens is 2. The fourth-order valence-electron chi connectivity index (χ4n) is 3.40. The summed E-state index contributed by atoms with van der Waals surface area (Å²) in [7, 11) is 2.01. The summed E-state index contributed by atoms with van der Waals surface area (Å²) in [6, 6.07) is 18.8. The number of aryl methyl sites for hydroxylation is 1. The van der Waals surface area contributed by atoms with E-state index in [0.29, 0.717) is 6.61 Å². The van der Waals surface area contributed by atoms with E-state index in [1.54, 1.807) is 0 Å². The summed E-state index contributed by atoms with van der Waals surface area (Å²) in [5, 5.41) is 3.62. The average molecular weight is 363 g/mol. The molecule has 1 saturated heterocycles. The van der Waals surface area contributed by atoms with Gasteiger partial charge in [0.1, 0.15) is 24.3 Å². The Morgan fingerprint density at radius 2 is 1.93 bits per heavy atom. The van der Waals surface area contributed by atoms with E-state index < -0.39 is 0 Å². The van der Waals surface area contributed by atoms with Gasteiger partial charge in [-0.05, 0) is 29.7 Å². The molecular formula is C22H25N3O2. The molecule has 0 bridgehead atoms. The molecule has 1 fully saturated rings. The van der Waals surface area contributed by atoms with Gasteiger partial charge in [-0.1, -0.05) is 42.5 Å². The van der Waals surface area contributed by atoms with Crippen molar-refractivity contribution in [2.24, 2.45) is 7.05 Å². The molecule has 140 valence electrons. The first-order chi connectivity index (χ1) is 13.3. The SMILES string of the molecule is Cn1ccnc1[C@H]1OCC[C@@H]1NCc1ccc(OCc2ccccc2)cc1. The summed E-state index contributed by atoms with van der Waals surface area (Å²) in [5.74, 6) is 1.87. The summed E-state index contributed by atoms with van der Waals surface area (Å²) in [6.07, 6.45) is 4.79. The zero-order chi connectivity index (χ0) is 18.5. The van der Waals surface area contributed by atoms with Crippen molar-refractivity contribution in [3.05, 3.63) is 83.9 Å². The fourth-order valence-corrected chi connectivity index (χ4v) is 3.40. The highest BCUT2D eigenvalue weighted by atomic mass is 16.5. The summed E-state index contributed by atoms with van der Waals surface area (Å²) in [5.41, 5.74) is 2.40. The van der Waals surface area contributed by atoms with Gasteiger partial charge in [-0.2, -0.15) is 0 Å². The van der Waals surface area contributed by atoms with Gasteiger partial charge in [-0.3, -0.25) is 0 Å². The van der Waals surface area contributed by atoms with Crippen molar-refractivity contribution in [3.8, 4) is 5.75 Å². The lowest BCUT2D eigenvalue weighted by Gasteiger charge is -2.19. The Bertz CT molecular complexity index is 846. The Kier molecular flexibility index (Phi) is 5.51. The van der Waals surface area contributed by atoms with Crippen LogP contribution in [-0.4, -0.2) is 22.2 Å². The quantitative estimate of drug-likeness (QED) is 0.697. The second-order valence-electron chi connectivity index (χ2n) is 6.88. The third-order valence-electron chi connectivity index (χ3n) is 4.94. The van der Waals surface area contributed by atoms with Crippen LogP contribution in [0.1, 0.15) is 29.5 Å². The maximum atomic E-state index is 5.91. The van der Waals surface area contributed by atoms with Crippen molar-refractivity contribution in [2.75, 3.05) is 6.61 Å². The molecular weight excluding hydrogens is 338 g/mol. The van der Waals surface area contributed by atoms with Crippen molar-refractivity contribution in [1.29, 1.82) is 0 Å². The highest BCUT2D eigenvalue weighted by Gasteiger charge is 2.31. The van der Waals surface area contributed by atoms with E-state index >= 15 is 0 Å². The molecule has 3 aromatic rings. The van der Waals surface area contributed by atoms with Gasteiger partial charge >= 0.3 is 0 Å². The van der Waals surface area contributed by atoms with Crippen LogP contribution in [0, 0.1) is 0 Å². The molecule has 5 heteroatoms. The normalized spacial score (nSPS) is 19.3. The molecule has 1 aromatic heterocycles. The van der Waals surface area contributed by atoms with Crippen LogP contribution in [0.3, 0.4) is 0 Å². The third-order valence-corrected chi connectivity index (χ3v) is 4.94. The standard InChI is InChI=1S/C22H25N3O2/c1-25-13-12-23-22(25)21-20(11-14-26-21)24-15-17-7-9-19(10-8-17)27-16-18-5-3-2-4-6-18/h2-10,12-13,20-21,24H,11,14-16H2,1H3/t20-,21-/m0/s1. The van der Waals surface area contributed by atoms with Gasteiger partial charge in [0.15, 0.2) is 0 Å². The van der Waals surface area contributed by atoms with E-state index in [-0.39, 0.29) is 12.1 Å². The molecule has 0 radical (unpaired) electrons. The molecule has 1 aliphatic rings. The molecule has 2 heterocycles. The minimum Gasteiger partial charge on any atom is -0.489 e. The molecule has 1 aliphatic heterocycles. The smallest absolute Gasteiger partial charge is 0.139 e. The predicted molar refractivity (Wildman–Crippen MR) is 104 cm³/mol. The number of imidazole rings is 1. The first kappa shape index (κ1) is 17.8. The van der Waals surface area contributed by atoms with E-state index in [0.717, 1.165) is 31.1 Å². The topological polar surface area (TPSA) is 48.3 Å². The minimum absolute atomic E-state index is 0.0125. The number of nitrogens with zero attached hydrogens (tertiary/aromatic N) is 2. The monoisotopic (exact) mass is 363 g/mol. The molecule has 0 spiro atoms. The predicted octanol–water partition coefficient (Wildman–Crippen LogP) is 3.62. The lowest BCUT2D eigenvalue weighted by Crippen LogP contribution is -2.32. The highest BCUT2D eigenvalue weighted by Crippen LogP contribution is 2.28. The van der Waals surface area contributed by atoms with E-state index in [1.165, 1.54) is 11.1 Å². The van der Waals surface area contributed by atoms with Gasteiger partial charge in [0, 0.05) is 38.6 Å². The van der Waals surface area contributed by atoms with E-state index in [9.17, 15) is 0 Å². The van der Waals surface area contributed by atoms with Crippen LogP contribution in [0.2, 0.25) is 0 Å². The van der Waals surface area contributed by atoms with Crippen molar-refractivity contribution in [1.82, 2.24) is 14.9 Å². The lowest BCUT2D eigenvalue weighted by atomic mass is 10.1. The molecule has 0 unspecified atom stereocenters. The average Bonchev–Trinajstić information content (AvgIpc) is 3.34. The molecule has 27 heavy (non-hydrogen) atoms. The molecule has 2 atom stereocenters. The molecule has 0 amide bonds. The number of benzene rings is 2. The Morgan fingerprint density at radius 1 is 1.11 bits per heavy atom. The van der Waals surface area contributed by atoms with Gasteiger partial charge in [0.05, 0.1) is 0 Å². The van der Waals surface area contributed by atoms with Crippen molar-refractivity contribution in [2.45, 2.75) is 31.7 Å². The van der Waals surface area contributed by atoms with Crippen molar-refractivity contribution in [3.63, 3.8) is 0 Å². The Balaban J connectivity index is 1.30. The maximum Gasteiger partial charge on any atom is 0.139 e. The van der Waals surface area contributed by atoms with Gasteiger partial charge in [-0.25, -0.2) is 4.98 Å². The third kappa shape index (κ3) is 4.38. The van der Waals surface area contributed by atoms with Gasteiger partial charge in [-0.15, -0.1) is 0 Å². The van der Waals surface area contributed by atoms with E-state index in [2.05, 4.69) is 34.6 Å². The Labute approximate surface area is 160 Å². The zero-order valence-corrected chi connectivity index (χ0v) is 15.5. The highest BCUT2D eigenvalue weighted by molar-refractivity contribution is 5.28. The lowest BCUT2D eigenvalue weighted by molar-refractivity contribution is 0.0893. The second kappa shape index (κ2) is 8.37. The second-order valence-corrected chi connectivity index (χ2v) is 6.88. The summed E-state index contributed by atoms with van der Waals surface area (Å²) in [4.78, 5) is 4.44. The van der Waals surface area contributed by atoms with Crippen molar-refractivity contribution < 1.29 is 9.47 Å². The number of rotatable bonds is 7. The first-order valence-electron chi connectivity index (χ1n) is 9.37. The van der Waals surface area contributed by atoms with Crippen LogP contribution in [0.5, 0.6) is 5.75 Å². The Hall–Kier alpha value is -2.63. The number of ether oxygens (including phenoxy) is 2. The van der Waals surface area contributed by atoms with Crippen LogP contribution >= 0.6 is 0 Å². The zero-order valence-electron chi connectivity index (χ0n) is 15.5. The summed E-state index contributed by atoms with van der Waals surface area (Å²) >= 11 is 0.